The number of carbonyl (C=O) groups excluding carboxylic acids is 2. The first kappa shape index (κ1) is 17.1. The predicted molar refractivity (Wildman–Crippen MR) is 102 cm³/mol. The van der Waals surface area contributed by atoms with E-state index in [9.17, 15) is 9.59 Å². The molecule has 3 aliphatic rings. The van der Waals surface area contributed by atoms with Crippen LogP contribution in [0.3, 0.4) is 0 Å². The van der Waals surface area contributed by atoms with Crippen molar-refractivity contribution in [1.29, 1.82) is 0 Å². The summed E-state index contributed by atoms with van der Waals surface area (Å²) in [6.07, 6.45) is 2.32. The van der Waals surface area contributed by atoms with Crippen molar-refractivity contribution >= 4 is 17.5 Å². The molecule has 0 aromatic heterocycles. The number of hydrogen-bond acceptors (Lipinski definition) is 3. The van der Waals surface area contributed by atoms with E-state index in [0.717, 1.165) is 5.69 Å². The zero-order chi connectivity index (χ0) is 18.9. The minimum atomic E-state index is -0.466. The topological polar surface area (TPSA) is 61.4 Å². The third-order valence-corrected chi connectivity index (χ3v) is 6.74. The van der Waals surface area contributed by atoms with Crippen LogP contribution in [-0.4, -0.2) is 35.0 Å². The van der Waals surface area contributed by atoms with Crippen LogP contribution in [0.5, 0.6) is 0 Å². The molecule has 3 aliphatic heterocycles. The molecule has 4 rings (SSSR count). The van der Waals surface area contributed by atoms with Gasteiger partial charge in [0, 0.05) is 11.1 Å². The van der Waals surface area contributed by atoms with Crippen LogP contribution < -0.4 is 10.6 Å². The Bertz CT molecular complexity index is 800. The predicted octanol–water partition coefficient (Wildman–Crippen LogP) is 2.64. The average Bonchev–Trinajstić information content (AvgIpc) is 3.11. The number of benzene rings is 1. The second-order valence-electron chi connectivity index (χ2n) is 8.69. The number of piperazine rings is 1. The van der Waals surface area contributed by atoms with E-state index in [1.165, 1.54) is 5.56 Å². The fraction of sp³-hybridized carbons (Fsp3) is 0.524. The minimum Gasteiger partial charge on any atom is -0.364 e. The van der Waals surface area contributed by atoms with Crippen molar-refractivity contribution < 1.29 is 9.59 Å². The molecular weight excluding hydrogens is 326 g/mol. The van der Waals surface area contributed by atoms with Crippen LogP contribution in [0.25, 0.3) is 0 Å². The quantitative estimate of drug-likeness (QED) is 0.821. The Morgan fingerprint density at radius 2 is 1.96 bits per heavy atom. The second kappa shape index (κ2) is 5.35. The number of anilines is 1. The molecule has 3 heterocycles. The summed E-state index contributed by atoms with van der Waals surface area (Å²) >= 11 is 0. The maximum Gasteiger partial charge on any atom is 0.247 e. The van der Waals surface area contributed by atoms with E-state index in [1.54, 1.807) is 0 Å². The number of rotatable bonds is 3. The van der Waals surface area contributed by atoms with Gasteiger partial charge in [-0.25, -0.2) is 0 Å². The van der Waals surface area contributed by atoms with Gasteiger partial charge in [0.25, 0.3) is 0 Å². The monoisotopic (exact) mass is 353 g/mol. The molecule has 0 bridgehead atoms. The Morgan fingerprint density at radius 1 is 1.27 bits per heavy atom. The molecule has 4 unspecified atom stereocenters. The molecule has 0 aliphatic carbocycles. The van der Waals surface area contributed by atoms with Gasteiger partial charge in [-0.1, -0.05) is 52.0 Å². The molecule has 5 nitrogen and oxygen atoms in total. The highest BCUT2D eigenvalue weighted by Gasteiger charge is 2.67. The van der Waals surface area contributed by atoms with E-state index >= 15 is 0 Å². The molecule has 138 valence electrons. The van der Waals surface area contributed by atoms with Gasteiger partial charge in [0.2, 0.25) is 11.8 Å². The molecule has 4 atom stereocenters. The van der Waals surface area contributed by atoms with E-state index < -0.39 is 12.1 Å². The summed E-state index contributed by atoms with van der Waals surface area (Å²) in [5, 5.41) is 6.52. The van der Waals surface area contributed by atoms with Gasteiger partial charge < -0.3 is 15.5 Å². The van der Waals surface area contributed by atoms with Gasteiger partial charge in [-0.05, 0) is 29.4 Å². The van der Waals surface area contributed by atoms with Crippen molar-refractivity contribution in [2.75, 3.05) is 5.32 Å². The van der Waals surface area contributed by atoms with E-state index in [1.807, 2.05) is 37.0 Å². The number of fused-ring (bicyclic) bond motifs is 5. The van der Waals surface area contributed by atoms with Crippen molar-refractivity contribution in [2.24, 2.45) is 11.3 Å². The molecule has 1 aromatic carbocycles. The first-order valence-corrected chi connectivity index (χ1v) is 9.37. The number of amides is 2. The summed E-state index contributed by atoms with van der Waals surface area (Å²) in [4.78, 5) is 28.0. The summed E-state index contributed by atoms with van der Waals surface area (Å²) in [7, 11) is 0. The fourth-order valence-electron chi connectivity index (χ4n) is 5.10. The number of nitrogens with zero attached hydrogens (tertiary/aromatic N) is 1. The summed E-state index contributed by atoms with van der Waals surface area (Å²) in [5.41, 5.74) is 1.55. The maximum absolute atomic E-state index is 13.3. The van der Waals surface area contributed by atoms with Crippen molar-refractivity contribution in [3.63, 3.8) is 0 Å². The highest BCUT2D eigenvalue weighted by atomic mass is 16.2. The van der Waals surface area contributed by atoms with E-state index in [0.29, 0.717) is 6.42 Å². The third kappa shape index (κ3) is 1.91. The van der Waals surface area contributed by atoms with E-state index in [-0.39, 0.29) is 34.7 Å². The summed E-state index contributed by atoms with van der Waals surface area (Å²) < 4.78 is 0. The molecule has 0 saturated carbocycles. The van der Waals surface area contributed by atoms with Gasteiger partial charge in [0.05, 0.1) is 0 Å². The van der Waals surface area contributed by atoms with Gasteiger partial charge >= 0.3 is 0 Å². The lowest BCUT2D eigenvalue weighted by atomic mass is 9.60. The summed E-state index contributed by atoms with van der Waals surface area (Å²) in [5.74, 6) is 0.0199. The van der Waals surface area contributed by atoms with Crippen LogP contribution in [0.4, 0.5) is 5.69 Å². The van der Waals surface area contributed by atoms with Gasteiger partial charge in [0.15, 0.2) is 0 Å². The molecule has 26 heavy (non-hydrogen) atoms. The smallest absolute Gasteiger partial charge is 0.247 e. The molecule has 2 N–H and O–H groups in total. The van der Waals surface area contributed by atoms with Crippen LogP contribution in [-0.2, 0) is 15.0 Å². The zero-order valence-electron chi connectivity index (χ0n) is 15.9. The maximum atomic E-state index is 13.3. The van der Waals surface area contributed by atoms with Crippen LogP contribution >= 0.6 is 0 Å². The molecule has 2 amide bonds. The van der Waals surface area contributed by atoms with Crippen molar-refractivity contribution in [2.45, 2.75) is 57.8 Å². The van der Waals surface area contributed by atoms with E-state index in [4.69, 9.17) is 0 Å². The van der Waals surface area contributed by atoms with Crippen LogP contribution in [0.1, 0.15) is 39.7 Å². The minimum absolute atomic E-state index is 0.0108. The van der Waals surface area contributed by atoms with Crippen LogP contribution in [0.2, 0.25) is 0 Å². The first-order valence-electron chi connectivity index (χ1n) is 9.37. The number of carbonyl (C=O) groups is 2. The molecule has 0 spiro atoms. The second-order valence-corrected chi connectivity index (χ2v) is 8.69. The largest absolute Gasteiger partial charge is 0.364 e. The van der Waals surface area contributed by atoms with Gasteiger partial charge in [-0.15, -0.1) is 6.58 Å². The lowest BCUT2D eigenvalue weighted by molar-refractivity contribution is -0.150. The summed E-state index contributed by atoms with van der Waals surface area (Å²) in [6, 6.07) is 7.29. The highest BCUT2D eigenvalue weighted by molar-refractivity contribution is 5.99. The van der Waals surface area contributed by atoms with Gasteiger partial charge in [-0.2, -0.15) is 0 Å². The number of nitrogens with one attached hydrogen (secondary N) is 2. The number of allylic oxidation sites excluding steroid dienone is 1. The standard InChI is InChI=1S/C21H27N3O2/c1-6-20(4,5)21-11-15-17(25)23-16(12(2)3)18(26)24(15)19(21)22-14-10-8-7-9-13(14)21/h6-10,12,15-16,19,22H,1,11H2,2-5H3,(H,23,25). The fourth-order valence-corrected chi connectivity index (χ4v) is 5.10. The first-order chi connectivity index (χ1) is 12.2. The molecule has 0 radical (unpaired) electrons. The third-order valence-electron chi connectivity index (χ3n) is 6.74. The van der Waals surface area contributed by atoms with Crippen molar-refractivity contribution in [3.8, 4) is 0 Å². The average molecular weight is 353 g/mol. The Morgan fingerprint density at radius 3 is 2.62 bits per heavy atom. The Labute approximate surface area is 154 Å². The SMILES string of the molecule is C=CC(C)(C)C12CC3C(=O)NC(C(C)C)C(=O)N3C1Nc1ccccc12. The molecule has 2 fully saturated rings. The summed E-state index contributed by atoms with van der Waals surface area (Å²) in [6.45, 7) is 12.3. The molecule has 5 heteroatoms. The van der Waals surface area contributed by atoms with Crippen molar-refractivity contribution in [1.82, 2.24) is 10.2 Å². The Hall–Kier alpha value is -2.30. The normalized spacial score (nSPS) is 32.7. The Balaban J connectivity index is 1.89. The number of hydrogen-bond donors (Lipinski definition) is 2. The van der Waals surface area contributed by atoms with Gasteiger partial charge in [-0.3, -0.25) is 9.59 Å². The Kier molecular flexibility index (Phi) is 3.52. The molecule has 1 aromatic rings. The zero-order valence-corrected chi connectivity index (χ0v) is 15.9. The van der Waals surface area contributed by atoms with E-state index in [2.05, 4.69) is 43.2 Å². The van der Waals surface area contributed by atoms with Gasteiger partial charge in [0.1, 0.15) is 18.2 Å². The highest BCUT2D eigenvalue weighted by Crippen LogP contribution is 2.60. The van der Waals surface area contributed by atoms with Crippen LogP contribution in [0.15, 0.2) is 36.9 Å². The number of para-hydroxylation sites is 1. The molecule has 2 saturated heterocycles. The lowest BCUT2D eigenvalue weighted by Crippen LogP contribution is -2.65. The molecular formula is C21H27N3O2. The van der Waals surface area contributed by atoms with Crippen LogP contribution in [0, 0.1) is 11.3 Å². The van der Waals surface area contributed by atoms with Crippen molar-refractivity contribution in [3.05, 3.63) is 42.5 Å². The lowest BCUT2D eigenvalue weighted by Gasteiger charge is -2.44.